The molecular formula is C20H25N3O2S. The highest BCUT2D eigenvalue weighted by molar-refractivity contribution is 7.12. The Morgan fingerprint density at radius 2 is 1.50 bits per heavy atom. The second kappa shape index (κ2) is 9.50. The Balaban J connectivity index is 1.48. The smallest absolute Gasteiger partial charge is 0.265 e. The number of hydrogen-bond acceptors (Lipinski definition) is 4. The molecule has 2 heterocycles. The number of thiophene rings is 1. The van der Waals surface area contributed by atoms with Crippen molar-refractivity contribution in [1.82, 2.24) is 4.90 Å². The van der Waals surface area contributed by atoms with Crippen molar-refractivity contribution in [3.63, 3.8) is 0 Å². The molecule has 1 fully saturated rings. The second-order valence-corrected chi connectivity index (χ2v) is 7.55. The topological polar surface area (TPSA) is 61.4 Å². The molecule has 1 aromatic carbocycles. The minimum Gasteiger partial charge on any atom is -0.325 e. The highest BCUT2D eigenvalue weighted by atomic mass is 32.1. The van der Waals surface area contributed by atoms with Gasteiger partial charge in [-0.05, 0) is 61.6 Å². The molecule has 3 rings (SSSR count). The van der Waals surface area contributed by atoms with Crippen molar-refractivity contribution in [2.45, 2.75) is 32.1 Å². The molecule has 138 valence electrons. The summed E-state index contributed by atoms with van der Waals surface area (Å²) in [7, 11) is 0. The van der Waals surface area contributed by atoms with E-state index in [1.165, 1.54) is 43.4 Å². The zero-order chi connectivity index (χ0) is 18.2. The number of nitrogens with one attached hydrogen (secondary N) is 2. The van der Waals surface area contributed by atoms with Crippen molar-refractivity contribution < 1.29 is 9.59 Å². The largest absolute Gasteiger partial charge is 0.325 e. The average Bonchev–Trinajstić information content (AvgIpc) is 3.14. The standard InChI is InChI=1S/C20H25N3O2S/c24-19(15-23-12-4-2-1-3-5-13-23)21-16-8-10-17(11-9-16)22-20(25)18-7-6-14-26-18/h6-11,14H,1-5,12-13,15H2,(H,21,24)(H,22,25). The summed E-state index contributed by atoms with van der Waals surface area (Å²) in [6, 6.07) is 10.9. The second-order valence-electron chi connectivity index (χ2n) is 6.60. The number of rotatable bonds is 5. The van der Waals surface area contributed by atoms with Crippen LogP contribution in [0.5, 0.6) is 0 Å². The van der Waals surface area contributed by atoms with Crippen molar-refractivity contribution in [3.8, 4) is 0 Å². The molecule has 26 heavy (non-hydrogen) atoms. The summed E-state index contributed by atoms with van der Waals surface area (Å²) in [6.45, 7) is 2.44. The van der Waals surface area contributed by atoms with Gasteiger partial charge in [0.05, 0.1) is 11.4 Å². The SMILES string of the molecule is O=C(CN1CCCCCCC1)Nc1ccc(NC(=O)c2cccs2)cc1. The van der Waals surface area contributed by atoms with Crippen molar-refractivity contribution in [1.29, 1.82) is 0 Å². The van der Waals surface area contributed by atoms with Crippen LogP contribution in [0.15, 0.2) is 41.8 Å². The Morgan fingerprint density at radius 1 is 0.885 bits per heavy atom. The molecule has 1 aliphatic heterocycles. The van der Waals surface area contributed by atoms with Crippen LogP contribution in [-0.2, 0) is 4.79 Å². The normalized spacial score (nSPS) is 15.7. The average molecular weight is 372 g/mol. The maximum Gasteiger partial charge on any atom is 0.265 e. The predicted molar refractivity (Wildman–Crippen MR) is 107 cm³/mol. The van der Waals surface area contributed by atoms with Gasteiger partial charge in [0.1, 0.15) is 0 Å². The van der Waals surface area contributed by atoms with Gasteiger partial charge in [-0.2, -0.15) is 0 Å². The van der Waals surface area contributed by atoms with E-state index < -0.39 is 0 Å². The van der Waals surface area contributed by atoms with Gasteiger partial charge < -0.3 is 10.6 Å². The molecule has 0 unspecified atom stereocenters. The molecule has 0 spiro atoms. The van der Waals surface area contributed by atoms with E-state index in [0.29, 0.717) is 17.1 Å². The summed E-state index contributed by atoms with van der Waals surface area (Å²) in [4.78, 5) is 27.2. The van der Waals surface area contributed by atoms with Gasteiger partial charge in [0.2, 0.25) is 5.91 Å². The van der Waals surface area contributed by atoms with Gasteiger partial charge in [-0.3, -0.25) is 14.5 Å². The Labute approximate surface area is 158 Å². The molecule has 0 radical (unpaired) electrons. The van der Waals surface area contributed by atoms with E-state index in [1.54, 1.807) is 18.2 Å². The van der Waals surface area contributed by atoms with E-state index >= 15 is 0 Å². The van der Waals surface area contributed by atoms with Crippen LogP contribution < -0.4 is 10.6 Å². The number of carbonyl (C=O) groups is 2. The first-order valence-electron chi connectivity index (χ1n) is 9.18. The lowest BCUT2D eigenvalue weighted by Crippen LogP contribution is -2.35. The Kier molecular flexibility index (Phi) is 6.80. The molecule has 0 saturated carbocycles. The van der Waals surface area contributed by atoms with Gasteiger partial charge in [-0.1, -0.05) is 25.3 Å². The Bertz CT molecular complexity index is 705. The third-order valence-electron chi connectivity index (χ3n) is 4.49. The molecule has 0 bridgehead atoms. The predicted octanol–water partition coefficient (Wildman–Crippen LogP) is 4.21. The molecule has 2 aromatic rings. The molecule has 6 heteroatoms. The number of nitrogens with zero attached hydrogens (tertiary/aromatic N) is 1. The summed E-state index contributed by atoms with van der Waals surface area (Å²) in [5, 5.41) is 7.67. The molecule has 1 aliphatic rings. The fraction of sp³-hybridized carbons (Fsp3) is 0.400. The highest BCUT2D eigenvalue weighted by Gasteiger charge is 2.12. The number of benzene rings is 1. The number of hydrogen-bond donors (Lipinski definition) is 2. The first-order valence-corrected chi connectivity index (χ1v) is 10.1. The lowest BCUT2D eigenvalue weighted by molar-refractivity contribution is -0.117. The van der Waals surface area contributed by atoms with E-state index in [4.69, 9.17) is 0 Å². The van der Waals surface area contributed by atoms with E-state index in [0.717, 1.165) is 18.8 Å². The van der Waals surface area contributed by atoms with Gasteiger partial charge in [-0.25, -0.2) is 0 Å². The van der Waals surface area contributed by atoms with E-state index in [9.17, 15) is 9.59 Å². The monoisotopic (exact) mass is 371 g/mol. The molecule has 0 aliphatic carbocycles. The quantitative estimate of drug-likeness (QED) is 0.828. The van der Waals surface area contributed by atoms with E-state index in [2.05, 4.69) is 15.5 Å². The van der Waals surface area contributed by atoms with Crippen molar-refractivity contribution in [3.05, 3.63) is 46.7 Å². The van der Waals surface area contributed by atoms with Gasteiger partial charge >= 0.3 is 0 Å². The van der Waals surface area contributed by atoms with E-state index in [-0.39, 0.29) is 11.8 Å². The molecule has 1 saturated heterocycles. The number of likely N-dealkylation sites (tertiary alicyclic amines) is 1. The van der Waals surface area contributed by atoms with Crippen molar-refractivity contribution in [2.24, 2.45) is 0 Å². The Morgan fingerprint density at radius 3 is 2.12 bits per heavy atom. The third kappa shape index (κ3) is 5.68. The first kappa shape index (κ1) is 18.6. The fourth-order valence-electron chi connectivity index (χ4n) is 3.11. The summed E-state index contributed by atoms with van der Waals surface area (Å²) >= 11 is 1.41. The molecule has 1 aromatic heterocycles. The maximum absolute atomic E-state index is 12.3. The minimum absolute atomic E-state index is 0.0148. The van der Waals surface area contributed by atoms with Gasteiger partial charge in [-0.15, -0.1) is 11.3 Å². The Hall–Kier alpha value is -2.18. The van der Waals surface area contributed by atoms with Gasteiger partial charge in [0, 0.05) is 11.4 Å². The summed E-state index contributed by atoms with van der Waals surface area (Å²) < 4.78 is 0. The highest BCUT2D eigenvalue weighted by Crippen LogP contribution is 2.17. The lowest BCUT2D eigenvalue weighted by Gasteiger charge is -2.23. The zero-order valence-electron chi connectivity index (χ0n) is 14.9. The van der Waals surface area contributed by atoms with Crippen molar-refractivity contribution in [2.75, 3.05) is 30.3 Å². The molecule has 2 N–H and O–H groups in total. The molecular weight excluding hydrogens is 346 g/mol. The molecule has 2 amide bonds. The molecule has 5 nitrogen and oxygen atoms in total. The third-order valence-corrected chi connectivity index (χ3v) is 5.36. The van der Waals surface area contributed by atoms with Crippen LogP contribution in [0.4, 0.5) is 11.4 Å². The zero-order valence-corrected chi connectivity index (χ0v) is 15.7. The molecule has 0 atom stereocenters. The minimum atomic E-state index is -0.117. The fourth-order valence-corrected chi connectivity index (χ4v) is 3.73. The number of amides is 2. The van der Waals surface area contributed by atoms with E-state index in [1.807, 2.05) is 23.6 Å². The van der Waals surface area contributed by atoms with Crippen LogP contribution >= 0.6 is 11.3 Å². The van der Waals surface area contributed by atoms with Gasteiger partial charge in [0.15, 0.2) is 0 Å². The van der Waals surface area contributed by atoms with Crippen LogP contribution in [0, 0.1) is 0 Å². The lowest BCUT2D eigenvalue weighted by atomic mass is 10.1. The maximum atomic E-state index is 12.3. The number of carbonyl (C=O) groups excluding carboxylic acids is 2. The summed E-state index contributed by atoms with van der Waals surface area (Å²) in [5.74, 6) is -0.102. The van der Waals surface area contributed by atoms with Crippen LogP contribution in [-0.4, -0.2) is 36.3 Å². The van der Waals surface area contributed by atoms with Crippen LogP contribution in [0.3, 0.4) is 0 Å². The van der Waals surface area contributed by atoms with Crippen LogP contribution in [0.1, 0.15) is 41.8 Å². The van der Waals surface area contributed by atoms with Crippen LogP contribution in [0.25, 0.3) is 0 Å². The summed E-state index contributed by atoms with van der Waals surface area (Å²) in [5.41, 5.74) is 1.46. The van der Waals surface area contributed by atoms with Gasteiger partial charge in [0.25, 0.3) is 5.91 Å². The van der Waals surface area contributed by atoms with Crippen molar-refractivity contribution >= 4 is 34.5 Å². The number of anilines is 2. The summed E-state index contributed by atoms with van der Waals surface area (Å²) in [6.07, 6.45) is 6.18. The van der Waals surface area contributed by atoms with Crippen LogP contribution in [0.2, 0.25) is 0 Å². The first-order chi connectivity index (χ1) is 12.7.